The van der Waals surface area contributed by atoms with Crippen molar-refractivity contribution in [2.24, 2.45) is 0 Å². The average Bonchev–Trinajstić information content (AvgIpc) is 2.41. The first-order valence-corrected chi connectivity index (χ1v) is 5.95. The molecule has 0 amide bonds. The second kappa shape index (κ2) is 5.91. The Morgan fingerprint density at radius 3 is 2.21 bits per heavy atom. The molecule has 2 N–H and O–H groups in total. The molecule has 19 heavy (non-hydrogen) atoms. The Kier molecular flexibility index (Phi) is 4.03. The van der Waals surface area contributed by atoms with E-state index in [1.165, 1.54) is 0 Å². The zero-order chi connectivity index (χ0) is 13.7. The maximum atomic E-state index is 10.9. The van der Waals surface area contributed by atoms with Gasteiger partial charge in [0.1, 0.15) is 12.3 Å². The molecule has 2 aromatic carbocycles. The maximum absolute atomic E-state index is 10.9. The van der Waals surface area contributed by atoms with Crippen molar-refractivity contribution in [2.45, 2.75) is 6.54 Å². The monoisotopic (exact) mass is 257 g/mol. The second-order valence-electron chi connectivity index (χ2n) is 4.25. The van der Waals surface area contributed by atoms with Crippen LogP contribution in [0.5, 0.6) is 5.75 Å². The third-order valence-corrected chi connectivity index (χ3v) is 2.76. The molecular formula is C15H15NO3. The van der Waals surface area contributed by atoms with Gasteiger partial charge in [0.25, 0.3) is 0 Å². The number of para-hydroxylation sites is 1. The number of carbonyl (C=O) groups is 1. The van der Waals surface area contributed by atoms with Gasteiger partial charge in [-0.1, -0.05) is 30.3 Å². The number of nitrogens with zero attached hydrogens (tertiary/aromatic N) is 1. The van der Waals surface area contributed by atoms with E-state index in [1.807, 2.05) is 30.3 Å². The van der Waals surface area contributed by atoms with Gasteiger partial charge in [-0.05, 0) is 29.8 Å². The summed E-state index contributed by atoms with van der Waals surface area (Å²) in [6, 6.07) is 16.2. The minimum atomic E-state index is -0.873. The molecule has 0 unspecified atom stereocenters. The SMILES string of the molecule is O=C(O)CN(Cc1ccc(O)cc1)c1ccccc1. The lowest BCUT2D eigenvalue weighted by atomic mass is 10.2. The van der Waals surface area contributed by atoms with Gasteiger partial charge in [0.2, 0.25) is 0 Å². The molecule has 0 fully saturated rings. The van der Waals surface area contributed by atoms with Crippen LogP contribution in [0.15, 0.2) is 54.6 Å². The lowest BCUT2D eigenvalue weighted by Gasteiger charge is -2.23. The van der Waals surface area contributed by atoms with Gasteiger partial charge in [0.15, 0.2) is 0 Å². The zero-order valence-corrected chi connectivity index (χ0v) is 10.4. The Morgan fingerprint density at radius 1 is 1.00 bits per heavy atom. The largest absolute Gasteiger partial charge is 0.508 e. The van der Waals surface area contributed by atoms with Crippen LogP contribution in [0.4, 0.5) is 5.69 Å². The number of aliphatic carboxylic acids is 1. The number of aromatic hydroxyl groups is 1. The normalized spacial score (nSPS) is 10.1. The lowest BCUT2D eigenvalue weighted by Crippen LogP contribution is -2.29. The van der Waals surface area contributed by atoms with Crippen molar-refractivity contribution in [1.29, 1.82) is 0 Å². The van der Waals surface area contributed by atoms with Crippen LogP contribution in [0.3, 0.4) is 0 Å². The minimum absolute atomic E-state index is 0.0646. The molecule has 0 aliphatic rings. The van der Waals surface area contributed by atoms with Crippen LogP contribution in [-0.2, 0) is 11.3 Å². The molecule has 0 spiro atoms. The summed E-state index contributed by atoms with van der Waals surface area (Å²) >= 11 is 0. The van der Waals surface area contributed by atoms with Gasteiger partial charge in [-0.3, -0.25) is 4.79 Å². The molecule has 0 bridgehead atoms. The van der Waals surface area contributed by atoms with E-state index in [4.69, 9.17) is 5.11 Å². The Bertz CT molecular complexity index is 537. The predicted octanol–water partition coefficient (Wildman–Crippen LogP) is 2.48. The predicted molar refractivity (Wildman–Crippen MR) is 73.2 cm³/mol. The number of hydrogen-bond donors (Lipinski definition) is 2. The summed E-state index contributed by atoms with van der Waals surface area (Å²) in [6.45, 7) is 0.418. The zero-order valence-electron chi connectivity index (χ0n) is 10.4. The summed E-state index contributed by atoms with van der Waals surface area (Å²) in [7, 11) is 0. The number of carboxylic acid groups (broad SMARTS) is 1. The van der Waals surface area contributed by atoms with Crippen molar-refractivity contribution in [3.05, 3.63) is 60.2 Å². The molecule has 2 rings (SSSR count). The molecule has 0 saturated heterocycles. The number of carboxylic acids is 1. The van der Waals surface area contributed by atoms with E-state index >= 15 is 0 Å². The topological polar surface area (TPSA) is 60.8 Å². The fourth-order valence-electron chi connectivity index (χ4n) is 1.86. The number of rotatable bonds is 5. The first-order chi connectivity index (χ1) is 9.15. The average molecular weight is 257 g/mol. The van der Waals surface area contributed by atoms with Gasteiger partial charge in [0.05, 0.1) is 0 Å². The quantitative estimate of drug-likeness (QED) is 0.864. The van der Waals surface area contributed by atoms with E-state index < -0.39 is 5.97 Å². The van der Waals surface area contributed by atoms with Crippen molar-refractivity contribution >= 4 is 11.7 Å². The standard InChI is InChI=1S/C15H15NO3/c17-14-8-6-12(7-9-14)10-16(11-15(18)19)13-4-2-1-3-5-13/h1-9,17H,10-11H2,(H,18,19). The molecule has 0 aliphatic heterocycles. The summed E-state index contributed by atoms with van der Waals surface area (Å²) in [4.78, 5) is 12.7. The lowest BCUT2D eigenvalue weighted by molar-refractivity contribution is -0.135. The van der Waals surface area contributed by atoms with Crippen molar-refractivity contribution in [1.82, 2.24) is 0 Å². The van der Waals surface area contributed by atoms with Crippen LogP contribution < -0.4 is 4.90 Å². The Balaban J connectivity index is 2.19. The first kappa shape index (κ1) is 13.0. The molecule has 0 heterocycles. The van der Waals surface area contributed by atoms with Crippen molar-refractivity contribution in [2.75, 3.05) is 11.4 Å². The highest BCUT2D eigenvalue weighted by molar-refractivity contribution is 5.73. The smallest absolute Gasteiger partial charge is 0.323 e. The van der Waals surface area contributed by atoms with Gasteiger partial charge in [-0.25, -0.2) is 0 Å². The minimum Gasteiger partial charge on any atom is -0.508 e. The van der Waals surface area contributed by atoms with Gasteiger partial charge >= 0.3 is 5.97 Å². The molecule has 0 aliphatic carbocycles. The first-order valence-electron chi connectivity index (χ1n) is 5.95. The molecule has 4 heteroatoms. The highest BCUT2D eigenvalue weighted by atomic mass is 16.4. The third kappa shape index (κ3) is 3.74. The summed E-state index contributed by atoms with van der Waals surface area (Å²) in [5, 5.41) is 18.2. The molecule has 2 aromatic rings. The van der Waals surface area contributed by atoms with E-state index in [1.54, 1.807) is 29.2 Å². The van der Waals surface area contributed by atoms with Crippen LogP contribution in [0.25, 0.3) is 0 Å². The van der Waals surface area contributed by atoms with Crippen molar-refractivity contribution in [3.63, 3.8) is 0 Å². The molecule has 0 atom stereocenters. The van der Waals surface area contributed by atoms with Gasteiger partial charge in [-0.2, -0.15) is 0 Å². The highest BCUT2D eigenvalue weighted by Gasteiger charge is 2.11. The molecule has 0 saturated carbocycles. The van der Waals surface area contributed by atoms with Gasteiger partial charge < -0.3 is 15.1 Å². The third-order valence-electron chi connectivity index (χ3n) is 2.76. The summed E-state index contributed by atoms with van der Waals surface area (Å²) < 4.78 is 0. The Labute approximate surface area is 111 Å². The van der Waals surface area contributed by atoms with E-state index in [0.717, 1.165) is 11.3 Å². The Morgan fingerprint density at radius 2 is 1.63 bits per heavy atom. The molecule has 4 nitrogen and oxygen atoms in total. The van der Waals surface area contributed by atoms with Crippen LogP contribution in [0, 0.1) is 0 Å². The van der Waals surface area contributed by atoms with Crippen LogP contribution in [0.1, 0.15) is 5.56 Å². The van der Waals surface area contributed by atoms with Crippen LogP contribution in [-0.4, -0.2) is 22.7 Å². The van der Waals surface area contributed by atoms with Crippen LogP contribution >= 0.6 is 0 Å². The summed E-state index contributed by atoms with van der Waals surface area (Å²) in [5.41, 5.74) is 1.81. The number of hydrogen-bond acceptors (Lipinski definition) is 3. The maximum Gasteiger partial charge on any atom is 0.323 e. The van der Waals surface area contributed by atoms with Crippen molar-refractivity contribution in [3.8, 4) is 5.75 Å². The van der Waals surface area contributed by atoms with E-state index in [9.17, 15) is 9.90 Å². The fraction of sp³-hybridized carbons (Fsp3) is 0.133. The van der Waals surface area contributed by atoms with Gasteiger partial charge in [-0.15, -0.1) is 0 Å². The summed E-state index contributed by atoms with van der Waals surface area (Å²) in [5.74, 6) is -0.670. The summed E-state index contributed by atoms with van der Waals surface area (Å²) in [6.07, 6.45) is 0. The number of phenolic OH excluding ortho intramolecular Hbond substituents is 1. The van der Waals surface area contributed by atoms with E-state index in [0.29, 0.717) is 6.54 Å². The van der Waals surface area contributed by atoms with Gasteiger partial charge in [0, 0.05) is 12.2 Å². The number of phenols is 1. The van der Waals surface area contributed by atoms with E-state index in [2.05, 4.69) is 0 Å². The molecule has 0 radical (unpaired) electrons. The molecule has 98 valence electrons. The Hall–Kier alpha value is -2.49. The fourth-order valence-corrected chi connectivity index (χ4v) is 1.86. The second-order valence-corrected chi connectivity index (χ2v) is 4.25. The molecule has 0 aromatic heterocycles. The van der Waals surface area contributed by atoms with Crippen molar-refractivity contribution < 1.29 is 15.0 Å². The molecular weight excluding hydrogens is 242 g/mol. The highest BCUT2D eigenvalue weighted by Crippen LogP contribution is 2.18. The van der Waals surface area contributed by atoms with Crippen LogP contribution in [0.2, 0.25) is 0 Å². The number of anilines is 1. The number of benzene rings is 2. The van der Waals surface area contributed by atoms with E-state index in [-0.39, 0.29) is 12.3 Å².